The van der Waals surface area contributed by atoms with Gasteiger partial charge in [-0.15, -0.1) is 0 Å². The van der Waals surface area contributed by atoms with Crippen molar-refractivity contribution >= 4 is 11.8 Å². The number of carboxylic acids is 1. The van der Waals surface area contributed by atoms with E-state index in [-0.39, 0.29) is 11.6 Å². The van der Waals surface area contributed by atoms with E-state index in [4.69, 9.17) is 0 Å². The number of rotatable bonds is 9. The first-order valence-electron chi connectivity index (χ1n) is 7.12. The Bertz CT molecular complexity index is 434. The van der Waals surface area contributed by atoms with Crippen LogP contribution in [0.2, 0.25) is 0 Å². The fraction of sp³-hybridized carbons (Fsp3) is 0.600. The monoisotopic (exact) mass is 277 g/mol. The van der Waals surface area contributed by atoms with Crippen molar-refractivity contribution in [1.82, 2.24) is 9.97 Å². The summed E-state index contributed by atoms with van der Waals surface area (Å²) in [4.78, 5) is 31.3. The average Bonchev–Trinajstić information content (AvgIpc) is 2.46. The highest BCUT2D eigenvalue weighted by atomic mass is 16.4. The van der Waals surface area contributed by atoms with Gasteiger partial charge in [0.05, 0.1) is 11.9 Å². The maximum absolute atomic E-state index is 12.3. The SMILES string of the molecule is CCCCCC(CC)C(C(=O)[O-])C(=O)c1ccncn1. The fourth-order valence-corrected chi connectivity index (χ4v) is 2.37. The lowest BCUT2D eigenvalue weighted by atomic mass is 9.82. The molecule has 1 heterocycles. The maximum atomic E-state index is 12.3. The minimum Gasteiger partial charge on any atom is -0.549 e. The van der Waals surface area contributed by atoms with Crippen molar-refractivity contribution in [2.24, 2.45) is 11.8 Å². The number of hydrogen-bond donors (Lipinski definition) is 0. The molecule has 1 rings (SSSR count). The summed E-state index contributed by atoms with van der Waals surface area (Å²) in [6, 6.07) is 1.44. The van der Waals surface area contributed by atoms with Crippen LogP contribution in [0.1, 0.15) is 56.4 Å². The number of nitrogens with zero attached hydrogens (tertiary/aromatic N) is 2. The van der Waals surface area contributed by atoms with Crippen LogP contribution >= 0.6 is 0 Å². The third kappa shape index (κ3) is 4.40. The third-order valence-corrected chi connectivity index (χ3v) is 3.55. The van der Waals surface area contributed by atoms with Gasteiger partial charge in [0.2, 0.25) is 0 Å². The molecule has 5 nitrogen and oxygen atoms in total. The van der Waals surface area contributed by atoms with Crippen LogP contribution in [-0.4, -0.2) is 21.7 Å². The highest BCUT2D eigenvalue weighted by Gasteiger charge is 2.29. The Morgan fingerprint density at radius 3 is 2.55 bits per heavy atom. The number of unbranched alkanes of at least 4 members (excludes halogenated alkanes) is 2. The van der Waals surface area contributed by atoms with Crippen LogP contribution in [-0.2, 0) is 4.79 Å². The molecule has 1 aromatic rings. The van der Waals surface area contributed by atoms with Gasteiger partial charge in [-0.3, -0.25) is 4.79 Å². The number of aromatic nitrogens is 2. The summed E-state index contributed by atoms with van der Waals surface area (Å²) >= 11 is 0. The molecule has 0 aliphatic carbocycles. The van der Waals surface area contributed by atoms with E-state index in [0.29, 0.717) is 6.42 Å². The predicted octanol–water partition coefficient (Wildman–Crippen LogP) is 1.63. The van der Waals surface area contributed by atoms with Gasteiger partial charge >= 0.3 is 0 Å². The van der Waals surface area contributed by atoms with E-state index in [9.17, 15) is 14.7 Å². The van der Waals surface area contributed by atoms with Gasteiger partial charge in [-0.1, -0.05) is 39.5 Å². The Labute approximate surface area is 119 Å². The minimum absolute atomic E-state index is 0.142. The van der Waals surface area contributed by atoms with Crippen LogP contribution in [0.3, 0.4) is 0 Å². The third-order valence-electron chi connectivity index (χ3n) is 3.55. The molecular formula is C15H21N2O3-. The van der Waals surface area contributed by atoms with E-state index in [1.54, 1.807) is 0 Å². The number of carbonyl (C=O) groups is 2. The molecule has 0 fully saturated rings. The Kier molecular flexibility index (Phi) is 6.84. The molecule has 1 aromatic heterocycles. The molecule has 0 radical (unpaired) electrons. The first-order chi connectivity index (χ1) is 9.61. The second-order valence-electron chi connectivity index (χ2n) is 4.92. The number of carbonyl (C=O) groups excluding carboxylic acids is 2. The topological polar surface area (TPSA) is 83.0 Å². The molecule has 0 spiro atoms. The number of carboxylic acid groups (broad SMARTS) is 1. The molecule has 5 heteroatoms. The smallest absolute Gasteiger partial charge is 0.190 e. The Morgan fingerprint density at radius 2 is 2.05 bits per heavy atom. The number of aliphatic carboxylic acids is 1. The zero-order valence-electron chi connectivity index (χ0n) is 12.0. The molecule has 0 N–H and O–H groups in total. The van der Waals surface area contributed by atoms with Crippen LogP contribution in [0, 0.1) is 11.8 Å². The van der Waals surface area contributed by atoms with E-state index < -0.39 is 17.7 Å². The standard InChI is InChI=1S/C15H22N2O3/c1-3-5-6-7-11(4-2)13(15(19)20)14(18)12-8-9-16-10-17-12/h8-11,13H,3-7H2,1-2H3,(H,19,20)/p-1. The van der Waals surface area contributed by atoms with Gasteiger partial charge in [-0.2, -0.15) is 0 Å². The summed E-state index contributed by atoms with van der Waals surface area (Å²) in [7, 11) is 0. The number of ketones is 1. The highest BCUT2D eigenvalue weighted by molar-refractivity contribution is 6.06. The molecule has 0 saturated carbocycles. The lowest BCUT2D eigenvalue weighted by Crippen LogP contribution is -2.41. The normalized spacial score (nSPS) is 13.7. The Morgan fingerprint density at radius 1 is 1.30 bits per heavy atom. The molecule has 0 bridgehead atoms. The van der Waals surface area contributed by atoms with Crippen molar-refractivity contribution in [1.29, 1.82) is 0 Å². The van der Waals surface area contributed by atoms with Gasteiger partial charge in [-0.25, -0.2) is 9.97 Å². The van der Waals surface area contributed by atoms with Crippen molar-refractivity contribution in [3.05, 3.63) is 24.3 Å². The molecule has 0 aromatic carbocycles. The highest BCUT2D eigenvalue weighted by Crippen LogP contribution is 2.25. The first-order valence-corrected chi connectivity index (χ1v) is 7.12. The number of Topliss-reactive ketones (excluding diaryl/α,β-unsaturated/α-hetero) is 1. The van der Waals surface area contributed by atoms with Crippen LogP contribution in [0.5, 0.6) is 0 Å². The van der Waals surface area contributed by atoms with E-state index in [0.717, 1.165) is 25.7 Å². The average molecular weight is 277 g/mol. The summed E-state index contributed by atoms with van der Waals surface area (Å²) in [5.41, 5.74) is 0.142. The summed E-state index contributed by atoms with van der Waals surface area (Å²) in [6.07, 6.45) is 7.07. The fourth-order valence-electron chi connectivity index (χ4n) is 2.37. The second-order valence-corrected chi connectivity index (χ2v) is 4.92. The Hall–Kier alpha value is -1.78. The second kappa shape index (κ2) is 8.40. The van der Waals surface area contributed by atoms with Crippen LogP contribution < -0.4 is 5.11 Å². The molecule has 2 atom stereocenters. The molecule has 2 unspecified atom stereocenters. The molecule has 0 aliphatic rings. The van der Waals surface area contributed by atoms with E-state index >= 15 is 0 Å². The van der Waals surface area contributed by atoms with Gasteiger partial charge in [-0.05, 0) is 18.4 Å². The van der Waals surface area contributed by atoms with Crippen LogP contribution in [0.15, 0.2) is 18.6 Å². The van der Waals surface area contributed by atoms with Crippen LogP contribution in [0.4, 0.5) is 0 Å². The van der Waals surface area contributed by atoms with Crippen molar-refractivity contribution in [2.75, 3.05) is 0 Å². The van der Waals surface area contributed by atoms with Gasteiger partial charge in [0.25, 0.3) is 0 Å². The maximum Gasteiger partial charge on any atom is 0.190 e. The Balaban J connectivity index is 2.86. The minimum atomic E-state index is -1.31. The van der Waals surface area contributed by atoms with Crippen molar-refractivity contribution < 1.29 is 14.7 Å². The molecule has 0 aliphatic heterocycles. The van der Waals surface area contributed by atoms with Gasteiger partial charge in [0, 0.05) is 6.20 Å². The van der Waals surface area contributed by atoms with E-state index in [1.165, 1.54) is 18.6 Å². The predicted molar refractivity (Wildman–Crippen MR) is 72.8 cm³/mol. The van der Waals surface area contributed by atoms with Gasteiger partial charge in [0.15, 0.2) is 5.78 Å². The quantitative estimate of drug-likeness (QED) is 0.389. The molecular weight excluding hydrogens is 256 g/mol. The van der Waals surface area contributed by atoms with Crippen LogP contribution in [0.25, 0.3) is 0 Å². The summed E-state index contributed by atoms with van der Waals surface area (Å²) in [5, 5.41) is 11.4. The van der Waals surface area contributed by atoms with E-state index in [1.807, 2.05) is 6.92 Å². The first kappa shape index (κ1) is 16.3. The summed E-state index contributed by atoms with van der Waals surface area (Å²) in [6.45, 7) is 3.99. The van der Waals surface area contributed by atoms with Crippen molar-refractivity contribution in [3.63, 3.8) is 0 Å². The van der Waals surface area contributed by atoms with Gasteiger partial charge in [0.1, 0.15) is 12.0 Å². The molecule has 110 valence electrons. The lowest BCUT2D eigenvalue weighted by molar-refractivity contribution is -0.310. The summed E-state index contributed by atoms with van der Waals surface area (Å²) < 4.78 is 0. The summed E-state index contributed by atoms with van der Waals surface area (Å²) in [5.74, 6) is -3.10. The molecule has 0 saturated heterocycles. The van der Waals surface area contributed by atoms with Crippen molar-refractivity contribution in [2.45, 2.75) is 46.0 Å². The lowest BCUT2D eigenvalue weighted by Gasteiger charge is -2.25. The largest absolute Gasteiger partial charge is 0.549 e. The van der Waals surface area contributed by atoms with Crippen molar-refractivity contribution in [3.8, 4) is 0 Å². The molecule has 0 amide bonds. The number of hydrogen-bond acceptors (Lipinski definition) is 5. The zero-order chi connectivity index (χ0) is 15.0. The van der Waals surface area contributed by atoms with Gasteiger partial charge < -0.3 is 9.90 Å². The zero-order valence-corrected chi connectivity index (χ0v) is 12.0. The van der Waals surface area contributed by atoms with E-state index in [2.05, 4.69) is 16.9 Å². The molecule has 20 heavy (non-hydrogen) atoms.